The largest absolute Gasteiger partial charge is 0.495 e. The van der Waals surface area contributed by atoms with E-state index in [-0.39, 0.29) is 5.91 Å². The smallest absolute Gasteiger partial charge is 0.266 e. The molecular formula is C24H23ClN6O2S. The summed E-state index contributed by atoms with van der Waals surface area (Å²) in [6.07, 6.45) is 3.39. The van der Waals surface area contributed by atoms with Crippen LogP contribution in [-0.2, 0) is 0 Å². The fraction of sp³-hybridized carbons (Fsp3) is 0.250. The van der Waals surface area contributed by atoms with Gasteiger partial charge in [-0.25, -0.2) is 15.0 Å². The molecule has 8 nitrogen and oxygen atoms in total. The van der Waals surface area contributed by atoms with E-state index in [0.717, 1.165) is 53.6 Å². The van der Waals surface area contributed by atoms with Crippen LogP contribution < -0.4 is 19.9 Å². The number of amides is 1. The Hall–Kier alpha value is -3.43. The number of thiophene rings is 1. The summed E-state index contributed by atoms with van der Waals surface area (Å²) >= 11 is 7.48. The Bertz CT molecular complexity index is 1340. The molecule has 0 radical (unpaired) electrons. The molecule has 0 spiro atoms. The quantitative estimate of drug-likeness (QED) is 0.433. The van der Waals surface area contributed by atoms with E-state index >= 15 is 0 Å². The maximum Gasteiger partial charge on any atom is 0.266 e. The van der Waals surface area contributed by atoms with Crippen molar-refractivity contribution in [3.63, 3.8) is 0 Å². The van der Waals surface area contributed by atoms with Gasteiger partial charge in [-0.05, 0) is 42.8 Å². The van der Waals surface area contributed by atoms with Gasteiger partial charge in [-0.15, -0.1) is 11.3 Å². The minimum Gasteiger partial charge on any atom is -0.495 e. The first kappa shape index (κ1) is 22.4. The van der Waals surface area contributed by atoms with Crippen molar-refractivity contribution >= 4 is 56.4 Å². The van der Waals surface area contributed by atoms with Gasteiger partial charge in [-0.3, -0.25) is 4.79 Å². The second-order valence-electron chi connectivity index (χ2n) is 7.89. The van der Waals surface area contributed by atoms with Gasteiger partial charge in [0.15, 0.2) is 0 Å². The third-order valence-electron chi connectivity index (χ3n) is 5.88. The summed E-state index contributed by atoms with van der Waals surface area (Å²) in [6.45, 7) is 5.24. The molecule has 34 heavy (non-hydrogen) atoms. The number of aryl methyl sites for hydroxylation is 1. The van der Waals surface area contributed by atoms with Crippen LogP contribution >= 0.6 is 22.9 Å². The number of nitrogens with one attached hydrogen (secondary N) is 1. The number of ether oxygens (including phenoxy) is 1. The number of pyridine rings is 1. The van der Waals surface area contributed by atoms with Gasteiger partial charge in [-0.2, -0.15) is 0 Å². The van der Waals surface area contributed by atoms with Gasteiger partial charge in [0.2, 0.25) is 0 Å². The molecule has 1 aliphatic heterocycles. The Morgan fingerprint density at radius 3 is 2.62 bits per heavy atom. The number of methoxy groups -OCH3 is 1. The van der Waals surface area contributed by atoms with Gasteiger partial charge in [0, 0.05) is 37.4 Å². The van der Waals surface area contributed by atoms with Crippen LogP contribution in [0.2, 0.25) is 5.02 Å². The number of benzene rings is 1. The number of nitrogens with zero attached hydrogens (tertiary/aromatic N) is 5. The number of carbonyl (C=O) groups excluding carboxylic acids is 1. The maximum atomic E-state index is 13.2. The summed E-state index contributed by atoms with van der Waals surface area (Å²) in [5, 5.41) is 4.36. The van der Waals surface area contributed by atoms with E-state index in [1.165, 1.54) is 11.3 Å². The molecule has 1 N–H and O–H groups in total. The topological polar surface area (TPSA) is 83.5 Å². The number of carbonyl (C=O) groups is 1. The summed E-state index contributed by atoms with van der Waals surface area (Å²) in [5.74, 6) is 2.16. The first-order valence-corrected chi connectivity index (χ1v) is 12.0. The van der Waals surface area contributed by atoms with E-state index in [0.29, 0.717) is 21.3 Å². The zero-order valence-corrected chi connectivity index (χ0v) is 20.4. The molecule has 0 atom stereocenters. The van der Waals surface area contributed by atoms with E-state index in [9.17, 15) is 4.79 Å². The molecule has 4 heterocycles. The highest BCUT2D eigenvalue weighted by Gasteiger charge is 2.25. The van der Waals surface area contributed by atoms with E-state index in [1.54, 1.807) is 31.6 Å². The van der Waals surface area contributed by atoms with Crippen molar-refractivity contribution in [1.29, 1.82) is 0 Å². The molecule has 174 valence electrons. The highest BCUT2D eigenvalue weighted by molar-refractivity contribution is 7.20. The van der Waals surface area contributed by atoms with Crippen molar-refractivity contribution in [3.8, 4) is 5.75 Å². The van der Waals surface area contributed by atoms with Gasteiger partial charge in [0.05, 0.1) is 23.1 Å². The maximum absolute atomic E-state index is 13.2. The van der Waals surface area contributed by atoms with Crippen LogP contribution in [0.4, 0.5) is 17.3 Å². The van der Waals surface area contributed by atoms with Crippen molar-refractivity contribution < 1.29 is 9.53 Å². The lowest BCUT2D eigenvalue weighted by Crippen LogP contribution is -2.47. The first-order chi connectivity index (χ1) is 16.5. The number of anilines is 3. The lowest BCUT2D eigenvalue weighted by Gasteiger charge is -2.36. The molecule has 0 saturated carbocycles. The van der Waals surface area contributed by atoms with Crippen molar-refractivity contribution in [3.05, 3.63) is 64.4 Å². The first-order valence-electron chi connectivity index (χ1n) is 10.8. The molecule has 0 unspecified atom stereocenters. The summed E-state index contributed by atoms with van der Waals surface area (Å²) in [6, 6.07) is 11.1. The lowest BCUT2D eigenvalue weighted by atomic mass is 10.1. The monoisotopic (exact) mass is 494 g/mol. The van der Waals surface area contributed by atoms with Crippen LogP contribution in [0.1, 0.15) is 15.2 Å². The van der Waals surface area contributed by atoms with Crippen molar-refractivity contribution in [2.24, 2.45) is 0 Å². The van der Waals surface area contributed by atoms with E-state index in [2.05, 4.69) is 30.1 Å². The van der Waals surface area contributed by atoms with Gasteiger partial charge in [-0.1, -0.05) is 17.7 Å². The molecule has 1 aliphatic rings. The Balaban J connectivity index is 1.40. The molecule has 3 aromatic heterocycles. The lowest BCUT2D eigenvalue weighted by molar-refractivity contribution is 0.102. The minimum atomic E-state index is -0.230. The average Bonchev–Trinajstić information content (AvgIpc) is 3.21. The fourth-order valence-electron chi connectivity index (χ4n) is 4.15. The number of hydrogen-bond acceptors (Lipinski definition) is 8. The van der Waals surface area contributed by atoms with E-state index in [4.69, 9.17) is 16.3 Å². The molecule has 1 saturated heterocycles. The second kappa shape index (κ2) is 9.44. The van der Waals surface area contributed by atoms with Gasteiger partial charge in [0.1, 0.15) is 28.5 Å². The van der Waals surface area contributed by atoms with E-state index < -0.39 is 0 Å². The summed E-state index contributed by atoms with van der Waals surface area (Å²) in [7, 11) is 1.55. The average molecular weight is 495 g/mol. The van der Waals surface area contributed by atoms with Gasteiger partial charge >= 0.3 is 0 Å². The third kappa shape index (κ3) is 4.24. The van der Waals surface area contributed by atoms with Crippen molar-refractivity contribution in [2.75, 3.05) is 48.4 Å². The van der Waals surface area contributed by atoms with Gasteiger partial charge < -0.3 is 19.9 Å². The van der Waals surface area contributed by atoms with Crippen LogP contribution in [0.3, 0.4) is 0 Å². The van der Waals surface area contributed by atoms with Crippen molar-refractivity contribution in [2.45, 2.75) is 6.92 Å². The molecule has 4 aromatic rings. The zero-order valence-electron chi connectivity index (χ0n) is 18.8. The molecular weight excluding hydrogens is 472 g/mol. The second-order valence-corrected chi connectivity index (χ2v) is 9.33. The van der Waals surface area contributed by atoms with Crippen molar-refractivity contribution in [1.82, 2.24) is 15.0 Å². The van der Waals surface area contributed by atoms with E-state index in [1.807, 2.05) is 31.3 Å². The summed E-state index contributed by atoms with van der Waals surface area (Å²) < 4.78 is 5.36. The molecule has 0 aliphatic carbocycles. The van der Waals surface area contributed by atoms with Crippen LogP contribution in [0.5, 0.6) is 5.75 Å². The predicted octanol–water partition coefficient (Wildman–Crippen LogP) is 4.64. The Morgan fingerprint density at radius 1 is 1.09 bits per heavy atom. The Kier molecular flexibility index (Phi) is 6.21. The summed E-state index contributed by atoms with van der Waals surface area (Å²) in [5.41, 5.74) is 1.38. The number of hydrogen-bond donors (Lipinski definition) is 1. The molecule has 1 aromatic carbocycles. The Labute approximate surface area is 206 Å². The number of fused-ring (bicyclic) bond motifs is 1. The fourth-order valence-corrected chi connectivity index (χ4v) is 5.37. The zero-order chi connectivity index (χ0) is 23.7. The van der Waals surface area contributed by atoms with Crippen LogP contribution in [0, 0.1) is 6.92 Å². The standard InChI is InChI=1S/C24H23ClN6O2S/c1-15-20-22(31-11-9-30(10-12-31)19-5-3-4-8-26-19)27-14-28-24(20)34-21(15)23(32)29-17-13-16(25)6-7-18(17)33-2/h3-8,13-14H,9-12H2,1-2H3,(H,29,32). The molecule has 0 bridgehead atoms. The highest BCUT2D eigenvalue weighted by Crippen LogP contribution is 2.36. The number of rotatable bonds is 5. The molecule has 1 fully saturated rings. The normalized spacial score (nSPS) is 13.9. The van der Waals surface area contributed by atoms with Gasteiger partial charge in [0.25, 0.3) is 5.91 Å². The van der Waals surface area contributed by atoms with Crippen LogP contribution in [0.15, 0.2) is 48.9 Å². The molecule has 5 rings (SSSR count). The van der Waals surface area contributed by atoms with Crippen LogP contribution in [0.25, 0.3) is 10.2 Å². The van der Waals surface area contributed by atoms with Crippen LogP contribution in [-0.4, -0.2) is 54.1 Å². The predicted molar refractivity (Wildman–Crippen MR) is 137 cm³/mol. The molecule has 10 heteroatoms. The number of piperazine rings is 1. The molecule has 1 amide bonds. The number of aromatic nitrogens is 3. The number of halogens is 1. The summed E-state index contributed by atoms with van der Waals surface area (Å²) in [4.78, 5) is 32.6. The highest BCUT2D eigenvalue weighted by atomic mass is 35.5. The SMILES string of the molecule is COc1ccc(Cl)cc1NC(=O)c1sc2ncnc(N3CCN(c4ccccn4)CC3)c2c1C. The Morgan fingerprint density at radius 2 is 1.88 bits per heavy atom. The minimum absolute atomic E-state index is 0.230. The third-order valence-corrected chi connectivity index (χ3v) is 7.31.